The number of nitrogens with one attached hydrogen (secondary N) is 2. The summed E-state index contributed by atoms with van der Waals surface area (Å²) in [6.07, 6.45) is 1.50. The van der Waals surface area contributed by atoms with Crippen molar-refractivity contribution in [2.24, 2.45) is 11.8 Å². The lowest BCUT2D eigenvalue weighted by Crippen LogP contribution is -2.48. The van der Waals surface area contributed by atoms with Gasteiger partial charge in [-0.15, -0.1) is 0 Å². The fourth-order valence-corrected chi connectivity index (χ4v) is 5.70. The molecule has 1 saturated heterocycles. The number of hydrogen-bond acceptors (Lipinski definition) is 2. The average Bonchev–Trinajstić information content (AvgIpc) is 3.26. The molecule has 3 nitrogen and oxygen atoms in total. The van der Waals surface area contributed by atoms with Gasteiger partial charge in [-0.25, -0.2) is 4.39 Å². The zero-order valence-electron chi connectivity index (χ0n) is 15.5. The SMILES string of the molecule is O=C1Nc2cc(Cl)ccc2C12C(CC1CC1CF)NCC2c1cccc(Cl)c1F. The highest BCUT2D eigenvalue weighted by Crippen LogP contribution is 2.56. The minimum Gasteiger partial charge on any atom is -0.325 e. The van der Waals surface area contributed by atoms with E-state index >= 15 is 4.39 Å². The molecular formula is C22H20Cl2F2N2O. The number of halogens is 4. The Kier molecular flexibility index (Phi) is 4.61. The molecule has 1 amide bonds. The van der Waals surface area contributed by atoms with Gasteiger partial charge in [0.05, 0.1) is 17.1 Å². The second-order valence-corrected chi connectivity index (χ2v) is 9.16. The Bertz CT molecular complexity index is 1000. The van der Waals surface area contributed by atoms with Crippen molar-refractivity contribution in [2.75, 3.05) is 18.5 Å². The van der Waals surface area contributed by atoms with Crippen LogP contribution in [0.15, 0.2) is 36.4 Å². The second kappa shape index (κ2) is 6.93. The number of amides is 1. The molecule has 2 fully saturated rings. The maximum atomic E-state index is 15.0. The molecule has 2 aromatic carbocycles. The molecule has 5 rings (SSSR count). The van der Waals surface area contributed by atoms with Crippen LogP contribution in [-0.4, -0.2) is 25.2 Å². The van der Waals surface area contributed by atoms with Gasteiger partial charge >= 0.3 is 0 Å². The summed E-state index contributed by atoms with van der Waals surface area (Å²) in [5.41, 5.74) is 0.892. The molecule has 2 aliphatic heterocycles. The van der Waals surface area contributed by atoms with Gasteiger partial charge in [-0.1, -0.05) is 41.4 Å². The first-order valence-corrected chi connectivity index (χ1v) is 10.6. The summed E-state index contributed by atoms with van der Waals surface area (Å²) in [7, 11) is 0. The van der Waals surface area contributed by atoms with Gasteiger partial charge in [0.1, 0.15) is 5.82 Å². The van der Waals surface area contributed by atoms with Crippen molar-refractivity contribution >= 4 is 34.8 Å². The van der Waals surface area contributed by atoms with E-state index in [2.05, 4.69) is 10.6 Å². The molecule has 1 spiro atoms. The number of carbonyl (C=O) groups is 1. The van der Waals surface area contributed by atoms with Crippen LogP contribution in [0.25, 0.3) is 0 Å². The van der Waals surface area contributed by atoms with Gasteiger partial charge in [-0.2, -0.15) is 0 Å². The molecule has 152 valence electrons. The van der Waals surface area contributed by atoms with E-state index < -0.39 is 17.2 Å². The van der Waals surface area contributed by atoms with Crippen LogP contribution in [0.4, 0.5) is 14.5 Å². The number of benzene rings is 2. The molecule has 1 saturated carbocycles. The van der Waals surface area contributed by atoms with Gasteiger partial charge in [-0.3, -0.25) is 9.18 Å². The molecular weight excluding hydrogens is 417 g/mol. The highest BCUT2D eigenvalue weighted by molar-refractivity contribution is 6.31. The minimum absolute atomic E-state index is 0.0375. The van der Waals surface area contributed by atoms with Crippen molar-refractivity contribution < 1.29 is 13.6 Å². The van der Waals surface area contributed by atoms with E-state index in [1.807, 2.05) is 6.07 Å². The highest BCUT2D eigenvalue weighted by Gasteiger charge is 2.62. The molecule has 3 aliphatic rings. The zero-order valence-corrected chi connectivity index (χ0v) is 17.0. The lowest BCUT2D eigenvalue weighted by molar-refractivity contribution is -0.121. The van der Waals surface area contributed by atoms with Crippen LogP contribution in [0, 0.1) is 17.7 Å². The van der Waals surface area contributed by atoms with E-state index in [9.17, 15) is 9.18 Å². The standard InChI is InChI=1S/C22H20Cl2F2N2O/c23-13-4-5-15-18(8-13)28-21(29)22(15)16(14-2-1-3-17(24)20(14)26)10-27-19(22)7-11-6-12(11)9-25/h1-5,8,11-12,16,19,27H,6-7,9-10H2,(H,28,29). The third-order valence-electron chi connectivity index (χ3n) is 6.88. The van der Waals surface area contributed by atoms with Gasteiger partial charge in [0, 0.05) is 29.2 Å². The largest absolute Gasteiger partial charge is 0.325 e. The predicted octanol–water partition coefficient (Wildman–Crippen LogP) is 5.07. The van der Waals surface area contributed by atoms with E-state index in [0.29, 0.717) is 29.2 Å². The summed E-state index contributed by atoms with van der Waals surface area (Å²) in [6.45, 7) is 0.0968. The maximum absolute atomic E-state index is 15.0. The van der Waals surface area contributed by atoms with Crippen LogP contribution in [0.3, 0.4) is 0 Å². The Balaban J connectivity index is 1.65. The predicted molar refractivity (Wildman–Crippen MR) is 110 cm³/mol. The van der Waals surface area contributed by atoms with E-state index in [0.717, 1.165) is 12.0 Å². The van der Waals surface area contributed by atoms with Crippen LogP contribution < -0.4 is 10.6 Å². The topological polar surface area (TPSA) is 41.1 Å². The summed E-state index contributed by atoms with van der Waals surface area (Å²) in [5.74, 6) is -0.807. The summed E-state index contributed by atoms with van der Waals surface area (Å²) in [4.78, 5) is 13.5. The van der Waals surface area contributed by atoms with Crippen LogP contribution >= 0.6 is 23.2 Å². The molecule has 2 heterocycles. The lowest BCUT2D eigenvalue weighted by atomic mass is 9.65. The minimum atomic E-state index is -0.991. The summed E-state index contributed by atoms with van der Waals surface area (Å²) >= 11 is 12.2. The normalized spacial score (nSPS) is 32.5. The van der Waals surface area contributed by atoms with Crippen LogP contribution in [0.1, 0.15) is 29.9 Å². The number of rotatable bonds is 4. The molecule has 0 aromatic heterocycles. The maximum Gasteiger partial charge on any atom is 0.237 e. The molecule has 2 aromatic rings. The molecule has 7 heteroatoms. The summed E-state index contributed by atoms with van der Waals surface area (Å²) < 4.78 is 28.1. The molecule has 0 radical (unpaired) electrons. The van der Waals surface area contributed by atoms with E-state index in [1.165, 1.54) is 6.07 Å². The second-order valence-electron chi connectivity index (χ2n) is 8.32. The summed E-state index contributed by atoms with van der Waals surface area (Å²) in [6, 6.07) is 10.0. The smallest absolute Gasteiger partial charge is 0.237 e. The molecule has 1 aliphatic carbocycles. The first-order valence-electron chi connectivity index (χ1n) is 9.81. The first-order chi connectivity index (χ1) is 14.0. The molecule has 0 bridgehead atoms. The Morgan fingerprint density at radius 3 is 2.76 bits per heavy atom. The van der Waals surface area contributed by atoms with Crippen LogP contribution in [-0.2, 0) is 10.2 Å². The van der Waals surface area contributed by atoms with Crippen molar-refractivity contribution in [1.29, 1.82) is 0 Å². The third-order valence-corrected chi connectivity index (χ3v) is 7.41. The van der Waals surface area contributed by atoms with Gasteiger partial charge in [0.25, 0.3) is 0 Å². The Morgan fingerprint density at radius 1 is 1.17 bits per heavy atom. The van der Waals surface area contributed by atoms with Crippen LogP contribution in [0.5, 0.6) is 0 Å². The van der Waals surface area contributed by atoms with E-state index in [-0.39, 0.29) is 35.5 Å². The number of anilines is 1. The fraction of sp³-hybridized carbons (Fsp3) is 0.409. The van der Waals surface area contributed by atoms with Gasteiger partial charge in [0.15, 0.2) is 0 Å². The fourth-order valence-electron chi connectivity index (χ4n) is 5.35. The van der Waals surface area contributed by atoms with E-state index in [1.54, 1.807) is 24.3 Å². The van der Waals surface area contributed by atoms with Gasteiger partial charge < -0.3 is 10.6 Å². The number of hydrogen-bond donors (Lipinski definition) is 2. The van der Waals surface area contributed by atoms with Crippen molar-refractivity contribution in [3.8, 4) is 0 Å². The average molecular weight is 437 g/mol. The van der Waals surface area contributed by atoms with Crippen molar-refractivity contribution in [3.63, 3.8) is 0 Å². The van der Waals surface area contributed by atoms with Crippen molar-refractivity contribution in [3.05, 3.63) is 63.4 Å². The third kappa shape index (κ3) is 2.82. The molecule has 2 N–H and O–H groups in total. The summed E-state index contributed by atoms with van der Waals surface area (Å²) in [5, 5.41) is 6.98. The monoisotopic (exact) mass is 436 g/mol. The number of carbonyl (C=O) groups excluding carboxylic acids is 1. The molecule has 5 atom stereocenters. The quantitative estimate of drug-likeness (QED) is 0.701. The van der Waals surface area contributed by atoms with Gasteiger partial charge in [-0.05, 0) is 54.0 Å². The van der Waals surface area contributed by atoms with E-state index in [4.69, 9.17) is 23.2 Å². The molecule has 5 unspecified atom stereocenters. The number of fused-ring (bicyclic) bond motifs is 2. The van der Waals surface area contributed by atoms with Crippen molar-refractivity contribution in [2.45, 2.75) is 30.2 Å². The Labute approximate surface area is 177 Å². The zero-order chi connectivity index (χ0) is 20.3. The van der Waals surface area contributed by atoms with Crippen LogP contribution in [0.2, 0.25) is 10.0 Å². The number of alkyl halides is 1. The Hall–Kier alpha value is -1.69. The lowest BCUT2D eigenvalue weighted by Gasteiger charge is -2.35. The molecule has 29 heavy (non-hydrogen) atoms. The van der Waals surface area contributed by atoms with Crippen molar-refractivity contribution in [1.82, 2.24) is 5.32 Å². The Morgan fingerprint density at radius 2 is 2.00 bits per heavy atom. The first kappa shape index (κ1) is 19.3. The highest BCUT2D eigenvalue weighted by atomic mass is 35.5. The van der Waals surface area contributed by atoms with Gasteiger partial charge in [0.2, 0.25) is 5.91 Å².